The molecule has 70 heavy (non-hydrogen) atoms. The van der Waals surface area contributed by atoms with Crippen LogP contribution in [0.2, 0.25) is 0 Å². The van der Waals surface area contributed by atoms with Gasteiger partial charge in [-0.15, -0.1) is 11.8 Å². The first-order valence-corrected chi connectivity index (χ1v) is 27.3. The van der Waals surface area contributed by atoms with Crippen LogP contribution < -0.4 is 0 Å². The zero-order chi connectivity index (χ0) is 52.4. The van der Waals surface area contributed by atoms with Crippen LogP contribution in [0.15, 0.2) is 30.3 Å². The number of likely N-dealkylation sites (tertiary alicyclic amines) is 2. The fourth-order valence-electron chi connectivity index (χ4n) is 10.6. The molecule has 396 valence electrons. The first-order chi connectivity index (χ1) is 33.2. The van der Waals surface area contributed by atoms with Crippen molar-refractivity contribution in [2.75, 3.05) is 47.2 Å². The van der Waals surface area contributed by atoms with Gasteiger partial charge in [0.2, 0.25) is 29.5 Å². The van der Waals surface area contributed by atoms with E-state index in [0.717, 1.165) is 30.6 Å². The topological polar surface area (TPSA) is 171 Å². The van der Waals surface area contributed by atoms with E-state index in [-0.39, 0.29) is 108 Å². The lowest BCUT2D eigenvalue weighted by Crippen LogP contribution is -2.54. The number of aliphatic hydroxyl groups excluding tert-OH is 1. The van der Waals surface area contributed by atoms with Gasteiger partial charge in [0.05, 0.1) is 48.1 Å². The minimum absolute atomic E-state index is 0.000446. The van der Waals surface area contributed by atoms with Crippen LogP contribution in [0.5, 0.6) is 0 Å². The highest BCUT2D eigenvalue weighted by molar-refractivity contribution is 8.00. The normalized spacial score (nSPS) is 20.2. The summed E-state index contributed by atoms with van der Waals surface area (Å²) < 4.78 is 12.1. The van der Waals surface area contributed by atoms with Gasteiger partial charge >= 0.3 is 0 Å². The average molecular weight is 999 g/mol. The van der Waals surface area contributed by atoms with Crippen LogP contribution in [-0.4, -0.2) is 149 Å². The maximum Gasteiger partial charge on any atom is 0.242 e. The number of carbonyl (C=O) groups excluding carboxylic acids is 7. The molecule has 0 saturated carbocycles. The summed E-state index contributed by atoms with van der Waals surface area (Å²) in [5.74, 6) is -2.19. The molecule has 2 saturated heterocycles. The molecule has 2 aliphatic rings. The van der Waals surface area contributed by atoms with E-state index in [9.17, 15) is 38.7 Å². The van der Waals surface area contributed by atoms with E-state index >= 15 is 0 Å². The van der Waals surface area contributed by atoms with Crippen LogP contribution >= 0.6 is 11.8 Å². The van der Waals surface area contributed by atoms with Crippen molar-refractivity contribution in [2.45, 2.75) is 187 Å². The van der Waals surface area contributed by atoms with Gasteiger partial charge in [-0.1, -0.05) is 112 Å². The molecule has 2 heterocycles. The SMILES string of the molecule is CCCCSC1CC(=O)N(CCCCCC(=O)N(C)[C@H](C(=O)C[C@H](C(=O)N(C)[C@@H]([C@@H](C)CC)[C@@H](CC(=O)N2CCC[C@H]2[C@H](OC)[C@@H](C)C(=O)C[C@H](C)[C@@H](O)c2ccccc2)OC)C(C)C)C(C)C)C1=O. The van der Waals surface area contributed by atoms with E-state index in [0.29, 0.717) is 45.2 Å². The van der Waals surface area contributed by atoms with Gasteiger partial charge in [-0.25, -0.2) is 0 Å². The van der Waals surface area contributed by atoms with Crippen LogP contribution in [-0.2, 0) is 43.0 Å². The number of ether oxygens (including phenoxy) is 2. The molecule has 2 aliphatic heterocycles. The molecule has 2 fully saturated rings. The molecule has 1 N–H and O–H groups in total. The predicted molar refractivity (Wildman–Crippen MR) is 277 cm³/mol. The maximum absolute atomic E-state index is 14.7. The highest BCUT2D eigenvalue weighted by Gasteiger charge is 2.44. The third-order valence-electron chi connectivity index (χ3n) is 15.2. The number of amides is 5. The van der Waals surface area contributed by atoms with Crippen LogP contribution in [0.25, 0.3) is 0 Å². The summed E-state index contributed by atoms with van der Waals surface area (Å²) in [5, 5.41) is 10.7. The number of likely N-dealkylation sites (N-methyl/N-ethyl adjacent to an activating group) is 2. The monoisotopic (exact) mass is 999 g/mol. The van der Waals surface area contributed by atoms with Crippen molar-refractivity contribution in [2.24, 2.45) is 35.5 Å². The third-order valence-corrected chi connectivity index (χ3v) is 16.5. The standard InChI is InChI=1S/C55H90N4O10S/c1-14-16-30-70-46-34-49(64)59(55(46)67)28-22-18-21-27-47(62)56(10)50(36(5)6)44(61)32-41(35(3)4)54(66)57(11)51(37(7)15-2)45(68-12)33-48(63)58-29-23-26-42(58)53(69-13)39(9)43(60)31-38(8)52(65)40-24-19-17-20-25-40/h17,19-20,24-25,35-39,41-42,45-46,50-53,65H,14-16,18,21-23,26-34H2,1-13H3/t37-,38-,39-,41-,42-,45+,46?,50-,51-,52+,53+/m0/s1. The largest absolute Gasteiger partial charge is 0.388 e. The van der Waals surface area contributed by atoms with Gasteiger partial charge in [0, 0.05) is 78.9 Å². The number of Topliss-reactive ketones (excluding diaryl/α,β-unsaturated/α-hetero) is 2. The van der Waals surface area contributed by atoms with Gasteiger partial charge in [-0.3, -0.25) is 38.5 Å². The number of hydrogen-bond donors (Lipinski definition) is 1. The molecule has 0 spiro atoms. The summed E-state index contributed by atoms with van der Waals surface area (Å²) in [7, 11) is 6.51. The van der Waals surface area contributed by atoms with Crippen LogP contribution in [0.4, 0.5) is 0 Å². The summed E-state index contributed by atoms with van der Waals surface area (Å²) in [5.41, 5.74) is 0.756. The number of hydrogen-bond acceptors (Lipinski definition) is 11. The Morgan fingerprint density at radius 1 is 0.814 bits per heavy atom. The summed E-state index contributed by atoms with van der Waals surface area (Å²) in [4.78, 5) is 102. The van der Waals surface area contributed by atoms with Gasteiger partial charge in [-0.2, -0.15) is 0 Å². The second-order valence-corrected chi connectivity index (χ2v) is 22.2. The Bertz CT molecular complexity index is 1850. The Labute approximate surface area is 425 Å². The second-order valence-electron chi connectivity index (χ2n) is 20.9. The number of imide groups is 1. The Hall–Kier alpha value is -3.66. The zero-order valence-electron chi connectivity index (χ0n) is 45.0. The lowest BCUT2D eigenvalue weighted by atomic mass is 9.83. The number of ketones is 2. The highest BCUT2D eigenvalue weighted by atomic mass is 32.2. The van der Waals surface area contributed by atoms with E-state index < -0.39 is 42.2 Å². The highest BCUT2D eigenvalue weighted by Crippen LogP contribution is 2.33. The number of methoxy groups -OCH3 is 2. The van der Waals surface area contributed by atoms with Crippen molar-refractivity contribution in [3.8, 4) is 0 Å². The molecule has 1 unspecified atom stereocenters. The smallest absolute Gasteiger partial charge is 0.242 e. The van der Waals surface area contributed by atoms with E-state index in [1.54, 1.807) is 45.0 Å². The Morgan fingerprint density at radius 3 is 2.07 bits per heavy atom. The number of nitrogens with zero attached hydrogens (tertiary/aromatic N) is 4. The first kappa shape index (κ1) is 60.6. The minimum atomic E-state index is -0.792. The molecule has 3 rings (SSSR count). The fraction of sp³-hybridized carbons (Fsp3) is 0.764. The van der Waals surface area contributed by atoms with Crippen molar-refractivity contribution < 1.29 is 48.1 Å². The van der Waals surface area contributed by atoms with E-state index in [1.165, 1.54) is 9.80 Å². The van der Waals surface area contributed by atoms with Crippen molar-refractivity contribution >= 4 is 52.9 Å². The zero-order valence-corrected chi connectivity index (χ0v) is 45.8. The van der Waals surface area contributed by atoms with E-state index in [2.05, 4.69) is 6.92 Å². The number of carbonyl (C=O) groups is 7. The molecule has 0 aromatic heterocycles. The Morgan fingerprint density at radius 2 is 1.49 bits per heavy atom. The van der Waals surface area contributed by atoms with Crippen molar-refractivity contribution in [3.05, 3.63) is 35.9 Å². The molecule has 1 aromatic carbocycles. The van der Waals surface area contributed by atoms with Gasteiger partial charge < -0.3 is 29.3 Å². The predicted octanol–water partition coefficient (Wildman–Crippen LogP) is 8.17. The molecular weight excluding hydrogens is 909 g/mol. The van der Waals surface area contributed by atoms with Crippen molar-refractivity contribution in [1.82, 2.24) is 19.6 Å². The molecule has 11 atom stereocenters. The molecule has 14 nitrogen and oxygen atoms in total. The molecular formula is C55H90N4O10S. The fourth-order valence-corrected chi connectivity index (χ4v) is 11.9. The second kappa shape index (κ2) is 29.8. The van der Waals surface area contributed by atoms with Crippen molar-refractivity contribution in [1.29, 1.82) is 0 Å². The van der Waals surface area contributed by atoms with Gasteiger partial charge in [0.1, 0.15) is 5.78 Å². The molecule has 0 aliphatic carbocycles. The third kappa shape index (κ3) is 16.4. The summed E-state index contributed by atoms with van der Waals surface area (Å²) in [6.45, 7) is 18.4. The lowest BCUT2D eigenvalue weighted by molar-refractivity contribution is -0.149. The van der Waals surface area contributed by atoms with Crippen LogP contribution in [0.1, 0.15) is 157 Å². The van der Waals surface area contributed by atoms with Crippen LogP contribution in [0.3, 0.4) is 0 Å². The maximum atomic E-state index is 14.7. The van der Waals surface area contributed by atoms with Crippen molar-refractivity contribution in [3.63, 3.8) is 0 Å². The number of thioether (sulfide) groups is 1. The number of unbranched alkanes of at least 4 members (excludes halogenated alkanes) is 3. The quantitative estimate of drug-likeness (QED) is 0.0546. The average Bonchev–Trinajstić information content (AvgIpc) is 3.92. The Kier molecular flexibility index (Phi) is 25.8. The number of benzene rings is 1. The summed E-state index contributed by atoms with van der Waals surface area (Å²) in [6, 6.07) is 7.72. The lowest BCUT2D eigenvalue weighted by Gasteiger charge is -2.41. The molecule has 1 aromatic rings. The van der Waals surface area contributed by atoms with E-state index in [4.69, 9.17) is 9.47 Å². The number of rotatable bonds is 32. The van der Waals surface area contributed by atoms with Gasteiger partial charge in [-0.05, 0) is 67.1 Å². The molecule has 0 bridgehead atoms. The van der Waals surface area contributed by atoms with Gasteiger partial charge in [0.25, 0.3) is 0 Å². The minimum Gasteiger partial charge on any atom is -0.388 e. The molecule has 5 amide bonds. The van der Waals surface area contributed by atoms with Gasteiger partial charge in [0.15, 0.2) is 5.78 Å². The summed E-state index contributed by atoms with van der Waals surface area (Å²) in [6.07, 6.45) is 4.52. The molecule has 15 heteroatoms. The number of aliphatic hydroxyl groups is 1. The first-order valence-electron chi connectivity index (χ1n) is 26.3. The Balaban J connectivity index is 1.66. The summed E-state index contributed by atoms with van der Waals surface area (Å²) >= 11 is 1.56. The van der Waals surface area contributed by atoms with Crippen LogP contribution in [0, 0.1) is 35.5 Å². The van der Waals surface area contributed by atoms with E-state index in [1.807, 2.05) is 90.6 Å². The molecule has 0 radical (unpaired) electrons.